The van der Waals surface area contributed by atoms with Crippen molar-refractivity contribution in [3.05, 3.63) is 35.4 Å². The molecule has 0 saturated heterocycles. The third-order valence-electron chi connectivity index (χ3n) is 2.98. The Morgan fingerprint density at radius 1 is 1.35 bits per heavy atom. The van der Waals surface area contributed by atoms with Crippen LogP contribution in [0.2, 0.25) is 0 Å². The van der Waals surface area contributed by atoms with E-state index in [9.17, 15) is 0 Å². The van der Waals surface area contributed by atoms with E-state index in [0.717, 1.165) is 25.7 Å². The first-order valence-electron chi connectivity index (χ1n) is 6.73. The minimum absolute atomic E-state index is 0. The van der Waals surface area contributed by atoms with Crippen LogP contribution in [0.5, 0.6) is 0 Å². The molecule has 0 radical (unpaired) electrons. The van der Waals surface area contributed by atoms with Crippen molar-refractivity contribution in [3.8, 4) is 0 Å². The molecule has 114 valence electrons. The average molecular weight is 391 g/mol. The Hall–Kier alpha value is -0.820. The highest BCUT2D eigenvalue weighted by molar-refractivity contribution is 14.0. The van der Waals surface area contributed by atoms with Gasteiger partial charge in [0.1, 0.15) is 0 Å². The molecule has 4 nitrogen and oxygen atoms in total. The van der Waals surface area contributed by atoms with Crippen LogP contribution in [-0.2, 0) is 11.3 Å². The van der Waals surface area contributed by atoms with Crippen molar-refractivity contribution in [2.75, 3.05) is 33.9 Å². The molecule has 20 heavy (non-hydrogen) atoms. The summed E-state index contributed by atoms with van der Waals surface area (Å²) in [7, 11) is 3.85. The van der Waals surface area contributed by atoms with Crippen LogP contribution in [0.1, 0.15) is 18.1 Å². The zero-order valence-electron chi connectivity index (χ0n) is 12.8. The third kappa shape index (κ3) is 6.56. The Morgan fingerprint density at radius 2 is 2.05 bits per heavy atom. The fourth-order valence-corrected chi connectivity index (χ4v) is 1.88. The van der Waals surface area contributed by atoms with E-state index in [-0.39, 0.29) is 24.0 Å². The van der Waals surface area contributed by atoms with Gasteiger partial charge in [0.2, 0.25) is 0 Å². The molecular formula is C15H26IN3O. The van der Waals surface area contributed by atoms with Crippen LogP contribution in [0.15, 0.2) is 29.3 Å². The van der Waals surface area contributed by atoms with Gasteiger partial charge in [0, 0.05) is 33.8 Å². The quantitative estimate of drug-likeness (QED) is 0.351. The summed E-state index contributed by atoms with van der Waals surface area (Å²) in [5.74, 6) is 0.892. The molecule has 0 bridgehead atoms. The Bertz CT molecular complexity index is 410. The summed E-state index contributed by atoms with van der Waals surface area (Å²) >= 11 is 0. The molecular weight excluding hydrogens is 365 g/mol. The lowest BCUT2D eigenvalue weighted by atomic mass is 10.1. The molecule has 0 heterocycles. The second kappa shape index (κ2) is 10.9. The monoisotopic (exact) mass is 391 g/mol. The van der Waals surface area contributed by atoms with Gasteiger partial charge in [0.25, 0.3) is 0 Å². The average Bonchev–Trinajstić information content (AvgIpc) is 2.41. The zero-order valence-corrected chi connectivity index (χ0v) is 15.2. The first-order chi connectivity index (χ1) is 9.19. The van der Waals surface area contributed by atoms with Gasteiger partial charge in [0.15, 0.2) is 5.96 Å². The van der Waals surface area contributed by atoms with Crippen LogP contribution >= 0.6 is 24.0 Å². The molecule has 0 aliphatic heterocycles. The van der Waals surface area contributed by atoms with Gasteiger partial charge in [-0.05, 0) is 25.0 Å². The van der Waals surface area contributed by atoms with Crippen molar-refractivity contribution in [3.63, 3.8) is 0 Å². The van der Waals surface area contributed by atoms with Gasteiger partial charge >= 0.3 is 0 Å². The standard InChI is InChI=1S/C15H25N3O.HI/c1-5-19-11-10-17-15(16-3)18(4)12-14-9-7-6-8-13(14)2;/h6-9H,5,10-12H2,1-4H3,(H,16,17);1H. The maximum Gasteiger partial charge on any atom is 0.193 e. The van der Waals surface area contributed by atoms with E-state index < -0.39 is 0 Å². The van der Waals surface area contributed by atoms with Gasteiger partial charge in [-0.2, -0.15) is 0 Å². The summed E-state index contributed by atoms with van der Waals surface area (Å²) in [6.45, 7) is 7.21. The molecule has 0 aromatic heterocycles. The number of aryl methyl sites for hydroxylation is 1. The summed E-state index contributed by atoms with van der Waals surface area (Å²) in [6, 6.07) is 8.42. The van der Waals surface area contributed by atoms with E-state index in [0.29, 0.717) is 6.61 Å². The fourth-order valence-electron chi connectivity index (χ4n) is 1.88. The van der Waals surface area contributed by atoms with Crippen LogP contribution in [0.4, 0.5) is 0 Å². The number of ether oxygens (including phenoxy) is 1. The van der Waals surface area contributed by atoms with Crippen LogP contribution in [0, 0.1) is 6.92 Å². The van der Waals surface area contributed by atoms with Crippen LogP contribution in [0.25, 0.3) is 0 Å². The molecule has 0 aliphatic rings. The SMILES string of the molecule is CCOCCNC(=NC)N(C)Cc1ccccc1C.I. The molecule has 1 aromatic rings. The summed E-state index contributed by atoms with van der Waals surface area (Å²) < 4.78 is 5.31. The minimum Gasteiger partial charge on any atom is -0.380 e. The van der Waals surface area contributed by atoms with Crippen molar-refractivity contribution in [2.24, 2.45) is 4.99 Å². The van der Waals surface area contributed by atoms with E-state index in [1.807, 2.05) is 14.0 Å². The maximum absolute atomic E-state index is 5.31. The summed E-state index contributed by atoms with van der Waals surface area (Å²) in [5, 5.41) is 3.29. The Balaban J connectivity index is 0.00000361. The molecule has 0 saturated carbocycles. The molecule has 0 amide bonds. The lowest BCUT2D eigenvalue weighted by molar-refractivity contribution is 0.152. The smallest absolute Gasteiger partial charge is 0.193 e. The number of hydrogen-bond acceptors (Lipinski definition) is 2. The highest BCUT2D eigenvalue weighted by Crippen LogP contribution is 2.09. The molecule has 5 heteroatoms. The number of nitrogens with zero attached hydrogens (tertiary/aromatic N) is 2. The van der Waals surface area contributed by atoms with Gasteiger partial charge < -0.3 is 15.0 Å². The number of benzene rings is 1. The molecule has 0 spiro atoms. The zero-order chi connectivity index (χ0) is 14.1. The summed E-state index contributed by atoms with van der Waals surface area (Å²) in [6.07, 6.45) is 0. The van der Waals surface area contributed by atoms with Crippen molar-refractivity contribution in [2.45, 2.75) is 20.4 Å². The van der Waals surface area contributed by atoms with E-state index in [1.54, 1.807) is 7.05 Å². The first kappa shape index (κ1) is 19.2. The number of guanidine groups is 1. The summed E-state index contributed by atoms with van der Waals surface area (Å²) in [4.78, 5) is 6.41. The van der Waals surface area contributed by atoms with Gasteiger partial charge in [-0.25, -0.2) is 0 Å². The highest BCUT2D eigenvalue weighted by Gasteiger charge is 2.07. The van der Waals surface area contributed by atoms with Gasteiger partial charge in [-0.3, -0.25) is 4.99 Å². The summed E-state index contributed by atoms with van der Waals surface area (Å²) in [5.41, 5.74) is 2.62. The lowest BCUT2D eigenvalue weighted by Crippen LogP contribution is -2.40. The Labute approximate surface area is 139 Å². The Kier molecular flexibility index (Phi) is 10.5. The third-order valence-corrected chi connectivity index (χ3v) is 2.98. The second-order valence-corrected chi connectivity index (χ2v) is 4.45. The predicted octanol–water partition coefficient (Wildman–Crippen LogP) is 2.66. The predicted molar refractivity (Wildman–Crippen MR) is 95.9 cm³/mol. The minimum atomic E-state index is 0. The van der Waals surface area contributed by atoms with Crippen LogP contribution in [-0.4, -0.2) is 44.7 Å². The molecule has 1 aromatic carbocycles. The first-order valence-corrected chi connectivity index (χ1v) is 6.73. The van der Waals surface area contributed by atoms with Crippen molar-refractivity contribution in [1.82, 2.24) is 10.2 Å². The molecule has 0 aliphatic carbocycles. The van der Waals surface area contributed by atoms with E-state index >= 15 is 0 Å². The fraction of sp³-hybridized carbons (Fsp3) is 0.533. The van der Waals surface area contributed by atoms with Crippen molar-refractivity contribution < 1.29 is 4.74 Å². The van der Waals surface area contributed by atoms with Gasteiger partial charge in [-0.1, -0.05) is 24.3 Å². The topological polar surface area (TPSA) is 36.9 Å². The normalized spacial score (nSPS) is 10.9. The number of aliphatic imine (C=N–C) groups is 1. The molecule has 1 N–H and O–H groups in total. The van der Waals surface area contributed by atoms with Gasteiger partial charge in [-0.15, -0.1) is 24.0 Å². The van der Waals surface area contributed by atoms with E-state index in [4.69, 9.17) is 4.74 Å². The van der Waals surface area contributed by atoms with Crippen LogP contribution < -0.4 is 5.32 Å². The number of halogens is 1. The highest BCUT2D eigenvalue weighted by atomic mass is 127. The van der Waals surface area contributed by atoms with Crippen molar-refractivity contribution >= 4 is 29.9 Å². The lowest BCUT2D eigenvalue weighted by Gasteiger charge is -2.23. The molecule has 0 unspecified atom stereocenters. The molecule has 1 rings (SSSR count). The van der Waals surface area contributed by atoms with E-state index in [2.05, 4.69) is 46.4 Å². The maximum atomic E-state index is 5.31. The molecule has 0 fully saturated rings. The molecule has 0 atom stereocenters. The van der Waals surface area contributed by atoms with E-state index in [1.165, 1.54) is 11.1 Å². The number of nitrogens with one attached hydrogen (secondary N) is 1. The van der Waals surface area contributed by atoms with Gasteiger partial charge in [0.05, 0.1) is 6.61 Å². The Morgan fingerprint density at radius 3 is 2.65 bits per heavy atom. The largest absolute Gasteiger partial charge is 0.380 e. The number of rotatable bonds is 6. The second-order valence-electron chi connectivity index (χ2n) is 4.45. The van der Waals surface area contributed by atoms with Crippen molar-refractivity contribution in [1.29, 1.82) is 0 Å². The van der Waals surface area contributed by atoms with Crippen LogP contribution in [0.3, 0.4) is 0 Å². The number of hydrogen-bond donors (Lipinski definition) is 1.